The van der Waals surface area contributed by atoms with Crippen LogP contribution in [0.15, 0.2) is 41.0 Å². The van der Waals surface area contributed by atoms with E-state index in [2.05, 4.69) is 5.32 Å². The normalized spacial score (nSPS) is 11.8. The molecule has 0 aliphatic carbocycles. The molecule has 0 fully saturated rings. The summed E-state index contributed by atoms with van der Waals surface area (Å²) in [7, 11) is 3.15. The van der Waals surface area contributed by atoms with E-state index in [0.29, 0.717) is 11.5 Å². The van der Waals surface area contributed by atoms with Crippen LogP contribution in [0, 0.1) is 0 Å². The van der Waals surface area contributed by atoms with Crippen molar-refractivity contribution in [1.29, 1.82) is 0 Å². The Morgan fingerprint density at radius 3 is 2.62 bits per heavy atom. The highest BCUT2D eigenvalue weighted by atomic mass is 16.5. The lowest BCUT2D eigenvalue weighted by atomic mass is 10.1. The molecule has 0 bridgehead atoms. The summed E-state index contributed by atoms with van der Waals surface area (Å²) < 4.78 is 15.7. The number of hydrogen-bond donors (Lipinski definition) is 1. The van der Waals surface area contributed by atoms with Crippen LogP contribution in [0.4, 0.5) is 0 Å². The molecule has 21 heavy (non-hydrogen) atoms. The van der Waals surface area contributed by atoms with Gasteiger partial charge < -0.3 is 19.2 Å². The molecule has 1 atom stereocenters. The summed E-state index contributed by atoms with van der Waals surface area (Å²) in [5.41, 5.74) is 0.858. The van der Waals surface area contributed by atoms with E-state index in [1.54, 1.807) is 38.7 Å². The molecule has 1 N–H and O–H groups in total. The van der Waals surface area contributed by atoms with E-state index in [4.69, 9.17) is 13.9 Å². The molecule has 5 nitrogen and oxygen atoms in total. The SMILES string of the molecule is COc1ccc(CC(=O)NC(C)c2ccco2)cc1OC. The van der Waals surface area contributed by atoms with Gasteiger partial charge in [0, 0.05) is 0 Å². The van der Waals surface area contributed by atoms with Gasteiger partial charge in [-0.05, 0) is 36.8 Å². The van der Waals surface area contributed by atoms with Gasteiger partial charge >= 0.3 is 0 Å². The molecule has 112 valence electrons. The van der Waals surface area contributed by atoms with Crippen LogP contribution in [0.5, 0.6) is 11.5 Å². The van der Waals surface area contributed by atoms with Crippen molar-refractivity contribution in [3.05, 3.63) is 47.9 Å². The standard InChI is InChI=1S/C16H19NO4/c1-11(13-5-4-8-21-13)17-16(18)10-12-6-7-14(19-2)15(9-12)20-3/h4-9,11H,10H2,1-3H3,(H,17,18). The fourth-order valence-corrected chi connectivity index (χ4v) is 2.08. The van der Waals surface area contributed by atoms with Gasteiger partial charge in [0.15, 0.2) is 11.5 Å². The summed E-state index contributed by atoms with van der Waals surface area (Å²) >= 11 is 0. The number of rotatable bonds is 6. The average molecular weight is 289 g/mol. The van der Waals surface area contributed by atoms with Crippen LogP contribution in [0.3, 0.4) is 0 Å². The maximum Gasteiger partial charge on any atom is 0.225 e. The minimum absolute atomic E-state index is 0.0777. The van der Waals surface area contributed by atoms with Gasteiger partial charge in [0.25, 0.3) is 0 Å². The molecule has 2 rings (SSSR count). The molecular weight excluding hydrogens is 270 g/mol. The topological polar surface area (TPSA) is 60.7 Å². The van der Waals surface area contributed by atoms with Crippen LogP contribution in [-0.4, -0.2) is 20.1 Å². The van der Waals surface area contributed by atoms with Crippen molar-refractivity contribution in [2.24, 2.45) is 0 Å². The lowest BCUT2D eigenvalue weighted by molar-refractivity contribution is -0.121. The van der Waals surface area contributed by atoms with Crippen molar-refractivity contribution < 1.29 is 18.7 Å². The molecule has 0 saturated carbocycles. The fourth-order valence-electron chi connectivity index (χ4n) is 2.08. The van der Waals surface area contributed by atoms with Crippen LogP contribution in [0.2, 0.25) is 0 Å². The first-order chi connectivity index (χ1) is 10.1. The number of methoxy groups -OCH3 is 2. The summed E-state index contributed by atoms with van der Waals surface area (Å²) in [6.45, 7) is 1.88. The quantitative estimate of drug-likeness (QED) is 0.888. The highest BCUT2D eigenvalue weighted by Crippen LogP contribution is 2.27. The first kappa shape index (κ1) is 15.0. The van der Waals surface area contributed by atoms with Crippen molar-refractivity contribution in [2.75, 3.05) is 14.2 Å². The van der Waals surface area contributed by atoms with Crippen molar-refractivity contribution in [3.63, 3.8) is 0 Å². The summed E-state index contributed by atoms with van der Waals surface area (Å²) in [5, 5.41) is 2.89. The minimum Gasteiger partial charge on any atom is -0.493 e. The van der Waals surface area contributed by atoms with E-state index in [1.807, 2.05) is 19.1 Å². The minimum atomic E-state index is -0.160. The Bertz CT molecular complexity index is 592. The van der Waals surface area contributed by atoms with Gasteiger partial charge in [-0.2, -0.15) is 0 Å². The Hall–Kier alpha value is -2.43. The molecule has 0 radical (unpaired) electrons. The number of carbonyl (C=O) groups is 1. The number of furan rings is 1. The van der Waals surface area contributed by atoms with Crippen molar-refractivity contribution in [3.8, 4) is 11.5 Å². The number of benzene rings is 1. The highest BCUT2D eigenvalue weighted by Gasteiger charge is 2.13. The molecule has 0 aliphatic rings. The van der Waals surface area contributed by atoms with E-state index in [0.717, 1.165) is 11.3 Å². The molecule has 1 heterocycles. The van der Waals surface area contributed by atoms with Crippen molar-refractivity contribution in [2.45, 2.75) is 19.4 Å². The molecule has 1 amide bonds. The second-order valence-corrected chi connectivity index (χ2v) is 4.67. The Labute approximate surface area is 123 Å². The highest BCUT2D eigenvalue weighted by molar-refractivity contribution is 5.79. The van der Waals surface area contributed by atoms with E-state index in [-0.39, 0.29) is 18.4 Å². The monoisotopic (exact) mass is 289 g/mol. The first-order valence-corrected chi connectivity index (χ1v) is 6.67. The largest absolute Gasteiger partial charge is 0.493 e. The van der Waals surface area contributed by atoms with Gasteiger partial charge in [0.2, 0.25) is 5.91 Å². The first-order valence-electron chi connectivity index (χ1n) is 6.67. The third kappa shape index (κ3) is 3.78. The van der Waals surface area contributed by atoms with Gasteiger partial charge in [-0.3, -0.25) is 4.79 Å². The van der Waals surface area contributed by atoms with Crippen LogP contribution in [-0.2, 0) is 11.2 Å². The second-order valence-electron chi connectivity index (χ2n) is 4.67. The van der Waals surface area contributed by atoms with Gasteiger partial charge in [0.05, 0.1) is 32.9 Å². The third-order valence-electron chi connectivity index (χ3n) is 3.16. The molecule has 0 spiro atoms. The lowest BCUT2D eigenvalue weighted by Gasteiger charge is -2.12. The zero-order valence-electron chi connectivity index (χ0n) is 12.4. The molecule has 1 unspecified atom stereocenters. The summed E-state index contributed by atoms with van der Waals surface area (Å²) in [6.07, 6.45) is 1.86. The smallest absolute Gasteiger partial charge is 0.225 e. The number of nitrogens with one attached hydrogen (secondary N) is 1. The Morgan fingerprint density at radius 2 is 2.00 bits per heavy atom. The molecule has 5 heteroatoms. The van der Waals surface area contributed by atoms with Gasteiger partial charge in [-0.1, -0.05) is 6.07 Å². The van der Waals surface area contributed by atoms with Crippen LogP contribution < -0.4 is 14.8 Å². The van der Waals surface area contributed by atoms with Crippen molar-refractivity contribution >= 4 is 5.91 Å². The number of hydrogen-bond acceptors (Lipinski definition) is 4. The van der Waals surface area contributed by atoms with E-state index in [1.165, 1.54) is 0 Å². The maximum atomic E-state index is 12.0. The molecule has 0 saturated heterocycles. The molecule has 0 aliphatic heterocycles. The second kappa shape index (κ2) is 6.83. The third-order valence-corrected chi connectivity index (χ3v) is 3.16. The van der Waals surface area contributed by atoms with E-state index >= 15 is 0 Å². The van der Waals surface area contributed by atoms with Crippen molar-refractivity contribution in [1.82, 2.24) is 5.32 Å². The average Bonchev–Trinajstić information content (AvgIpc) is 3.01. The summed E-state index contributed by atoms with van der Waals surface area (Å²) in [4.78, 5) is 12.0. The van der Waals surface area contributed by atoms with Crippen LogP contribution in [0.1, 0.15) is 24.3 Å². The zero-order chi connectivity index (χ0) is 15.2. The predicted octanol–water partition coefficient (Wildman–Crippen LogP) is 2.72. The molecule has 1 aromatic heterocycles. The number of amides is 1. The van der Waals surface area contributed by atoms with Gasteiger partial charge in [-0.15, -0.1) is 0 Å². The Balaban J connectivity index is 1.99. The number of ether oxygens (including phenoxy) is 2. The number of carbonyl (C=O) groups excluding carboxylic acids is 1. The van der Waals surface area contributed by atoms with E-state index < -0.39 is 0 Å². The molecule has 2 aromatic rings. The van der Waals surface area contributed by atoms with Crippen LogP contribution in [0.25, 0.3) is 0 Å². The molecular formula is C16H19NO4. The van der Waals surface area contributed by atoms with Gasteiger partial charge in [0.1, 0.15) is 5.76 Å². The Morgan fingerprint density at radius 1 is 1.24 bits per heavy atom. The van der Waals surface area contributed by atoms with Crippen LogP contribution >= 0.6 is 0 Å². The lowest BCUT2D eigenvalue weighted by Crippen LogP contribution is -2.27. The predicted molar refractivity (Wildman–Crippen MR) is 78.5 cm³/mol. The fraction of sp³-hybridized carbons (Fsp3) is 0.312. The zero-order valence-corrected chi connectivity index (χ0v) is 12.4. The summed E-state index contributed by atoms with van der Waals surface area (Å²) in [5.74, 6) is 1.91. The Kier molecular flexibility index (Phi) is 4.87. The van der Waals surface area contributed by atoms with Gasteiger partial charge in [-0.25, -0.2) is 0 Å². The van der Waals surface area contributed by atoms with E-state index in [9.17, 15) is 4.79 Å². The summed E-state index contributed by atoms with van der Waals surface area (Å²) in [6, 6.07) is 8.91. The maximum absolute atomic E-state index is 12.0. The molecule has 1 aromatic carbocycles.